The second-order valence-electron chi connectivity index (χ2n) is 7.33. The predicted octanol–water partition coefficient (Wildman–Crippen LogP) is 4.18. The highest BCUT2D eigenvalue weighted by molar-refractivity contribution is 5.80. The second kappa shape index (κ2) is 10.2. The number of halogens is 3. The molecule has 0 aromatic heterocycles. The average molecular weight is 444 g/mol. The van der Waals surface area contributed by atoms with Gasteiger partial charge in [-0.05, 0) is 59.5 Å². The van der Waals surface area contributed by atoms with Crippen LogP contribution >= 0.6 is 0 Å². The Kier molecular flexibility index (Phi) is 7.37. The molecule has 3 rings (SSSR count). The van der Waals surface area contributed by atoms with E-state index in [0.717, 1.165) is 23.3 Å². The summed E-state index contributed by atoms with van der Waals surface area (Å²) in [5, 5.41) is 12.5. The smallest absolute Gasteiger partial charge is 0.416 e. The summed E-state index contributed by atoms with van der Waals surface area (Å²) in [6.07, 6.45) is -3.97. The normalized spacial score (nSPS) is 12.3. The lowest BCUT2D eigenvalue weighted by Crippen LogP contribution is -2.42. The summed E-state index contributed by atoms with van der Waals surface area (Å²) in [7, 11) is 0. The standard InChI is InChI=1S/C24H23F3N2O3/c25-24(26,27)19-7-1-18(2-8-19)15-32-21-11-5-17(6-12-21)14-29-22(23(28)31)13-16-3-9-20(30)10-4-16/h1-12,22,29-30H,13-15H2,(H2,28,31). The van der Waals surface area contributed by atoms with Crippen LogP contribution in [0.4, 0.5) is 13.2 Å². The molecule has 0 saturated carbocycles. The molecule has 0 heterocycles. The van der Waals surface area contributed by atoms with E-state index in [2.05, 4.69) is 5.32 Å². The van der Waals surface area contributed by atoms with E-state index in [-0.39, 0.29) is 12.4 Å². The van der Waals surface area contributed by atoms with Crippen molar-refractivity contribution in [3.05, 3.63) is 95.1 Å². The van der Waals surface area contributed by atoms with Gasteiger partial charge in [0, 0.05) is 6.54 Å². The molecule has 0 aliphatic rings. The molecule has 0 aliphatic carbocycles. The molecule has 0 saturated heterocycles. The van der Waals surface area contributed by atoms with Gasteiger partial charge in [-0.3, -0.25) is 4.79 Å². The van der Waals surface area contributed by atoms with Gasteiger partial charge in [-0.1, -0.05) is 36.4 Å². The van der Waals surface area contributed by atoms with E-state index < -0.39 is 23.7 Å². The second-order valence-corrected chi connectivity index (χ2v) is 7.33. The Hall–Kier alpha value is -3.52. The third-order valence-electron chi connectivity index (χ3n) is 4.88. The molecule has 0 bridgehead atoms. The third-order valence-corrected chi connectivity index (χ3v) is 4.88. The topological polar surface area (TPSA) is 84.6 Å². The summed E-state index contributed by atoms with van der Waals surface area (Å²) in [5.41, 5.74) is 7.20. The minimum absolute atomic E-state index is 0.145. The number of hydrogen-bond donors (Lipinski definition) is 3. The van der Waals surface area contributed by atoms with Crippen molar-refractivity contribution in [1.82, 2.24) is 5.32 Å². The Balaban J connectivity index is 1.51. The number of phenolic OH excluding ortho intramolecular Hbond substituents is 1. The van der Waals surface area contributed by atoms with Gasteiger partial charge >= 0.3 is 6.18 Å². The molecule has 1 amide bonds. The van der Waals surface area contributed by atoms with Crippen LogP contribution in [-0.4, -0.2) is 17.1 Å². The number of primary amides is 1. The van der Waals surface area contributed by atoms with E-state index in [0.29, 0.717) is 24.3 Å². The molecule has 0 aliphatic heterocycles. The number of carbonyl (C=O) groups is 1. The number of carbonyl (C=O) groups excluding carboxylic acids is 1. The number of hydrogen-bond acceptors (Lipinski definition) is 4. The van der Waals surface area contributed by atoms with Gasteiger partial charge in [0.15, 0.2) is 0 Å². The molecule has 0 spiro atoms. The Bertz CT molecular complexity index is 1020. The Morgan fingerprint density at radius 1 is 0.906 bits per heavy atom. The molecule has 8 heteroatoms. The highest BCUT2D eigenvalue weighted by Gasteiger charge is 2.29. The van der Waals surface area contributed by atoms with Crippen LogP contribution in [0.2, 0.25) is 0 Å². The number of benzene rings is 3. The Labute approximate surface area is 183 Å². The fourth-order valence-electron chi connectivity index (χ4n) is 3.04. The summed E-state index contributed by atoms with van der Waals surface area (Å²) in [4.78, 5) is 11.8. The van der Waals surface area contributed by atoms with Crippen LogP contribution < -0.4 is 15.8 Å². The molecular weight excluding hydrogens is 421 g/mol. The molecule has 32 heavy (non-hydrogen) atoms. The van der Waals surface area contributed by atoms with Crippen LogP contribution in [0.3, 0.4) is 0 Å². The van der Waals surface area contributed by atoms with Crippen LogP contribution in [0.1, 0.15) is 22.3 Å². The lowest BCUT2D eigenvalue weighted by molar-refractivity contribution is -0.137. The van der Waals surface area contributed by atoms with Crippen molar-refractivity contribution in [2.24, 2.45) is 5.73 Å². The predicted molar refractivity (Wildman–Crippen MR) is 114 cm³/mol. The maximum absolute atomic E-state index is 12.6. The van der Waals surface area contributed by atoms with Gasteiger partial charge in [-0.2, -0.15) is 13.2 Å². The fraction of sp³-hybridized carbons (Fsp3) is 0.208. The van der Waals surface area contributed by atoms with Gasteiger partial charge in [0.1, 0.15) is 18.1 Å². The first-order valence-corrected chi connectivity index (χ1v) is 9.89. The van der Waals surface area contributed by atoms with E-state index in [1.54, 1.807) is 36.4 Å². The molecule has 1 unspecified atom stereocenters. The largest absolute Gasteiger partial charge is 0.508 e. The van der Waals surface area contributed by atoms with E-state index in [4.69, 9.17) is 10.5 Å². The van der Waals surface area contributed by atoms with Gasteiger partial charge in [0.05, 0.1) is 11.6 Å². The van der Waals surface area contributed by atoms with Crippen molar-refractivity contribution >= 4 is 5.91 Å². The molecule has 168 valence electrons. The third kappa shape index (κ3) is 6.75. The number of nitrogens with one attached hydrogen (secondary N) is 1. The fourth-order valence-corrected chi connectivity index (χ4v) is 3.04. The number of phenols is 1. The van der Waals surface area contributed by atoms with Gasteiger partial charge in [0.2, 0.25) is 5.91 Å². The summed E-state index contributed by atoms with van der Waals surface area (Å²) < 4.78 is 43.5. The van der Waals surface area contributed by atoms with Crippen LogP contribution in [0.25, 0.3) is 0 Å². The van der Waals surface area contributed by atoms with E-state index >= 15 is 0 Å². The minimum atomic E-state index is -4.36. The molecule has 5 nitrogen and oxygen atoms in total. The van der Waals surface area contributed by atoms with Crippen molar-refractivity contribution in [1.29, 1.82) is 0 Å². The van der Waals surface area contributed by atoms with Crippen LogP contribution in [0, 0.1) is 0 Å². The molecule has 1 atom stereocenters. The number of rotatable bonds is 9. The average Bonchev–Trinajstić information content (AvgIpc) is 2.76. The van der Waals surface area contributed by atoms with Gasteiger partial charge < -0.3 is 20.9 Å². The first-order chi connectivity index (χ1) is 15.2. The van der Waals surface area contributed by atoms with Gasteiger partial charge in [0.25, 0.3) is 0 Å². The zero-order valence-electron chi connectivity index (χ0n) is 17.1. The molecule has 4 N–H and O–H groups in total. The van der Waals surface area contributed by atoms with Gasteiger partial charge in [-0.15, -0.1) is 0 Å². The zero-order chi connectivity index (χ0) is 23.1. The minimum Gasteiger partial charge on any atom is -0.508 e. The van der Waals surface area contributed by atoms with E-state index in [9.17, 15) is 23.1 Å². The van der Waals surface area contributed by atoms with Crippen LogP contribution in [-0.2, 0) is 30.5 Å². The van der Waals surface area contributed by atoms with Gasteiger partial charge in [-0.25, -0.2) is 0 Å². The Morgan fingerprint density at radius 3 is 2.03 bits per heavy atom. The SMILES string of the molecule is NC(=O)C(Cc1ccc(O)cc1)NCc1ccc(OCc2ccc(C(F)(F)F)cc2)cc1. The zero-order valence-corrected chi connectivity index (χ0v) is 17.1. The monoisotopic (exact) mass is 444 g/mol. The summed E-state index contributed by atoms with van der Waals surface area (Å²) in [6.45, 7) is 0.553. The highest BCUT2D eigenvalue weighted by atomic mass is 19.4. The first-order valence-electron chi connectivity index (χ1n) is 9.89. The molecule has 0 fully saturated rings. The lowest BCUT2D eigenvalue weighted by atomic mass is 10.0. The van der Waals surface area contributed by atoms with Crippen molar-refractivity contribution in [2.45, 2.75) is 31.8 Å². The maximum atomic E-state index is 12.6. The number of nitrogens with two attached hydrogens (primary N) is 1. The molecule has 3 aromatic rings. The van der Waals surface area contributed by atoms with Crippen molar-refractivity contribution in [3.8, 4) is 11.5 Å². The summed E-state index contributed by atoms with van der Waals surface area (Å²) >= 11 is 0. The highest BCUT2D eigenvalue weighted by Crippen LogP contribution is 2.29. The lowest BCUT2D eigenvalue weighted by Gasteiger charge is -2.16. The molecular formula is C24H23F3N2O3. The first kappa shape index (κ1) is 23.1. The van der Waals surface area contributed by atoms with Crippen molar-refractivity contribution in [2.75, 3.05) is 0 Å². The van der Waals surface area contributed by atoms with Crippen molar-refractivity contribution < 1.29 is 27.8 Å². The molecule has 3 aromatic carbocycles. The quantitative estimate of drug-likeness (QED) is 0.462. The van der Waals surface area contributed by atoms with Crippen molar-refractivity contribution in [3.63, 3.8) is 0 Å². The van der Waals surface area contributed by atoms with Crippen LogP contribution in [0.15, 0.2) is 72.8 Å². The summed E-state index contributed by atoms with van der Waals surface area (Å²) in [5.74, 6) is 0.247. The number of alkyl halides is 3. The van der Waals surface area contributed by atoms with Crippen LogP contribution in [0.5, 0.6) is 11.5 Å². The van der Waals surface area contributed by atoms with E-state index in [1.807, 2.05) is 12.1 Å². The number of ether oxygens (including phenoxy) is 1. The Morgan fingerprint density at radius 2 is 1.47 bits per heavy atom. The number of aromatic hydroxyl groups is 1. The molecule has 0 radical (unpaired) electrons. The maximum Gasteiger partial charge on any atom is 0.416 e. The number of amides is 1. The summed E-state index contributed by atoms with van der Waals surface area (Å²) in [6, 6.07) is 18.0. The van der Waals surface area contributed by atoms with E-state index in [1.165, 1.54) is 12.1 Å².